The van der Waals surface area contributed by atoms with Gasteiger partial charge in [0.25, 0.3) is 0 Å². The zero-order valence-electron chi connectivity index (χ0n) is 12.2. The molecule has 0 N–H and O–H groups in total. The highest BCUT2D eigenvalue weighted by molar-refractivity contribution is 7.89. The Balaban J connectivity index is 1.90. The second kappa shape index (κ2) is 6.28. The molecule has 0 aliphatic carbocycles. The fraction of sp³-hybridized carbons (Fsp3) is 0.333. The van der Waals surface area contributed by atoms with Crippen LogP contribution in [-0.2, 0) is 16.6 Å². The van der Waals surface area contributed by atoms with E-state index in [2.05, 4.69) is 0 Å². The van der Waals surface area contributed by atoms with E-state index in [4.69, 9.17) is 9.47 Å². The van der Waals surface area contributed by atoms with Crippen molar-refractivity contribution in [2.45, 2.75) is 18.4 Å². The van der Waals surface area contributed by atoms with Gasteiger partial charge >= 0.3 is 0 Å². The van der Waals surface area contributed by atoms with Crippen molar-refractivity contribution in [3.63, 3.8) is 0 Å². The Morgan fingerprint density at radius 2 is 1.95 bits per heavy atom. The number of fused-ring (bicyclic) bond motifs is 1. The molecule has 0 atom stereocenters. The first-order valence-corrected chi connectivity index (χ1v) is 9.35. The summed E-state index contributed by atoms with van der Waals surface area (Å²) in [5.41, 5.74) is 0. The average Bonchev–Trinajstić information content (AvgIpc) is 3.05. The standard InChI is InChI=1S/C15H17NO4S2/c1-2-16(11-12-4-3-9-21-12)22(17,18)13-5-6-14-15(10-13)20-8-7-19-14/h3-6,9-10H,2,7-8,11H2,1H3. The Kier molecular flexibility index (Phi) is 4.37. The molecule has 1 aliphatic heterocycles. The van der Waals surface area contributed by atoms with E-state index < -0.39 is 10.0 Å². The minimum absolute atomic E-state index is 0.232. The molecule has 3 rings (SSSR count). The van der Waals surface area contributed by atoms with E-state index >= 15 is 0 Å². The fourth-order valence-electron chi connectivity index (χ4n) is 2.28. The predicted octanol–water partition coefficient (Wildman–Crippen LogP) is 2.73. The first-order chi connectivity index (χ1) is 10.6. The van der Waals surface area contributed by atoms with Gasteiger partial charge in [-0.05, 0) is 23.6 Å². The molecule has 0 bridgehead atoms. The normalized spacial score (nSPS) is 14.3. The summed E-state index contributed by atoms with van der Waals surface area (Å²) < 4.78 is 38.0. The molecule has 0 amide bonds. The second-order valence-electron chi connectivity index (χ2n) is 4.82. The van der Waals surface area contributed by atoms with Crippen LogP contribution >= 0.6 is 11.3 Å². The van der Waals surface area contributed by atoms with Crippen LogP contribution in [0.3, 0.4) is 0 Å². The quantitative estimate of drug-likeness (QED) is 0.840. The van der Waals surface area contributed by atoms with Crippen molar-refractivity contribution in [1.29, 1.82) is 0 Å². The van der Waals surface area contributed by atoms with Crippen molar-refractivity contribution < 1.29 is 17.9 Å². The van der Waals surface area contributed by atoms with Crippen molar-refractivity contribution in [1.82, 2.24) is 4.31 Å². The molecular formula is C15H17NO4S2. The third kappa shape index (κ3) is 2.97. The third-order valence-corrected chi connectivity index (χ3v) is 6.19. The Morgan fingerprint density at radius 3 is 2.64 bits per heavy atom. The van der Waals surface area contributed by atoms with Crippen LogP contribution in [-0.4, -0.2) is 32.5 Å². The van der Waals surface area contributed by atoms with E-state index in [1.165, 1.54) is 4.31 Å². The first kappa shape index (κ1) is 15.3. The van der Waals surface area contributed by atoms with Gasteiger partial charge in [-0.3, -0.25) is 0 Å². The van der Waals surface area contributed by atoms with Crippen LogP contribution in [0.25, 0.3) is 0 Å². The van der Waals surface area contributed by atoms with Gasteiger partial charge in [0.15, 0.2) is 11.5 Å². The van der Waals surface area contributed by atoms with Crippen molar-refractivity contribution in [3.8, 4) is 11.5 Å². The van der Waals surface area contributed by atoms with Crippen LogP contribution in [0, 0.1) is 0 Å². The summed E-state index contributed by atoms with van der Waals surface area (Å²) in [4.78, 5) is 1.25. The average molecular weight is 339 g/mol. The lowest BCUT2D eigenvalue weighted by molar-refractivity contribution is 0.171. The summed E-state index contributed by atoms with van der Waals surface area (Å²) >= 11 is 1.55. The molecule has 2 heterocycles. The molecule has 5 nitrogen and oxygen atoms in total. The molecule has 1 aromatic carbocycles. The third-order valence-electron chi connectivity index (χ3n) is 3.42. The zero-order valence-corrected chi connectivity index (χ0v) is 13.8. The van der Waals surface area contributed by atoms with Crippen LogP contribution in [0.15, 0.2) is 40.6 Å². The lowest BCUT2D eigenvalue weighted by Crippen LogP contribution is -2.30. The van der Waals surface area contributed by atoms with Crippen LogP contribution in [0.5, 0.6) is 11.5 Å². The number of hydrogen-bond acceptors (Lipinski definition) is 5. The molecule has 7 heteroatoms. The van der Waals surface area contributed by atoms with Gasteiger partial charge in [0.2, 0.25) is 10.0 Å². The lowest BCUT2D eigenvalue weighted by Gasteiger charge is -2.22. The van der Waals surface area contributed by atoms with Crippen LogP contribution < -0.4 is 9.47 Å². The van der Waals surface area contributed by atoms with Gasteiger partial charge in [0, 0.05) is 24.0 Å². The Bertz CT molecular complexity index is 741. The molecule has 118 valence electrons. The van der Waals surface area contributed by atoms with E-state index in [0.717, 1.165) is 4.88 Å². The number of benzene rings is 1. The van der Waals surface area contributed by atoms with Gasteiger partial charge in [0.05, 0.1) is 4.90 Å². The summed E-state index contributed by atoms with van der Waals surface area (Å²) in [6, 6.07) is 8.62. The number of ether oxygens (including phenoxy) is 2. The van der Waals surface area contributed by atoms with E-state index in [1.54, 1.807) is 29.5 Å². The highest BCUT2D eigenvalue weighted by Gasteiger charge is 2.25. The van der Waals surface area contributed by atoms with E-state index in [0.29, 0.717) is 37.8 Å². The van der Waals surface area contributed by atoms with Crippen LogP contribution in [0.1, 0.15) is 11.8 Å². The highest BCUT2D eigenvalue weighted by atomic mass is 32.2. The van der Waals surface area contributed by atoms with Gasteiger partial charge in [0.1, 0.15) is 13.2 Å². The van der Waals surface area contributed by atoms with Gasteiger partial charge in [-0.25, -0.2) is 8.42 Å². The van der Waals surface area contributed by atoms with E-state index in [-0.39, 0.29) is 4.90 Å². The molecule has 0 spiro atoms. The van der Waals surface area contributed by atoms with E-state index in [1.807, 2.05) is 24.4 Å². The topological polar surface area (TPSA) is 55.8 Å². The molecule has 1 aliphatic rings. The maximum atomic E-state index is 12.8. The summed E-state index contributed by atoms with van der Waals surface area (Å²) in [7, 11) is -3.56. The summed E-state index contributed by atoms with van der Waals surface area (Å²) in [5, 5.41) is 1.94. The van der Waals surface area contributed by atoms with Gasteiger partial charge < -0.3 is 9.47 Å². The number of thiophene rings is 1. The fourth-order valence-corrected chi connectivity index (χ4v) is 4.52. The molecular weight excluding hydrogens is 322 g/mol. The zero-order chi connectivity index (χ0) is 15.6. The maximum Gasteiger partial charge on any atom is 0.243 e. The second-order valence-corrected chi connectivity index (χ2v) is 7.79. The molecule has 0 saturated heterocycles. The van der Waals surface area contributed by atoms with Crippen molar-refractivity contribution in [3.05, 3.63) is 40.6 Å². The maximum absolute atomic E-state index is 12.8. The number of sulfonamides is 1. The predicted molar refractivity (Wildman–Crippen MR) is 85.0 cm³/mol. The number of hydrogen-bond donors (Lipinski definition) is 0. The van der Waals surface area contributed by atoms with Crippen LogP contribution in [0.2, 0.25) is 0 Å². The van der Waals surface area contributed by atoms with Gasteiger partial charge in [-0.2, -0.15) is 4.31 Å². The minimum atomic E-state index is -3.56. The Hall–Kier alpha value is -1.57. The SMILES string of the molecule is CCN(Cc1cccs1)S(=O)(=O)c1ccc2c(c1)OCCO2. The summed E-state index contributed by atoms with van der Waals surface area (Å²) in [5.74, 6) is 1.08. The molecule has 0 fully saturated rings. The van der Waals surface area contributed by atoms with E-state index in [9.17, 15) is 8.42 Å². The lowest BCUT2D eigenvalue weighted by atomic mass is 10.3. The largest absolute Gasteiger partial charge is 0.486 e. The van der Waals surface area contributed by atoms with Crippen LogP contribution in [0.4, 0.5) is 0 Å². The smallest absolute Gasteiger partial charge is 0.243 e. The van der Waals surface area contributed by atoms with Gasteiger partial charge in [-0.1, -0.05) is 13.0 Å². The first-order valence-electron chi connectivity index (χ1n) is 7.03. The highest BCUT2D eigenvalue weighted by Crippen LogP contribution is 2.33. The monoisotopic (exact) mass is 339 g/mol. The minimum Gasteiger partial charge on any atom is -0.486 e. The Labute approximate surface area is 134 Å². The number of nitrogens with zero attached hydrogens (tertiary/aromatic N) is 1. The molecule has 0 unspecified atom stereocenters. The van der Waals surface area contributed by atoms with Crippen molar-refractivity contribution in [2.24, 2.45) is 0 Å². The summed E-state index contributed by atoms with van der Waals surface area (Å²) in [6.45, 7) is 3.55. The molecule has 2 aromatic rings. The van der Waals surface area contributed by atoms with Crippen molar-refractivity contribution >= 4 is 21.4 Å². The molecule has 0 saturated carbocycles. The molecule has 22 heavy (non-hydrogen) atoms. The van der Waals surface area contributed by atoms with Crippen molar-refractivity contribution in [2.75, 3.05) is 19.8 Å². The van der Waals surface area contributed by atoms with Gasteiger partial charge in [-0.15, -0.1) is 11.3 Å². The number of rotatable bonds is 5. The summed E-state index contributed by atoms with van der Waals surface area (Å²) in [6.07, 6.45) is 0. The Morgan fingerprint density at radius 1 is 1.18 bits per heavy atom. The molecule has 0 radical (unpaired) electrons. The molecule has 1 aromatic heterocycles.